The van der Waals surface area contributed by atoms with Gasteiger partial charge >= 0.3 is 5.97 Å². The smallest absolute Gasteiger partial charge is 0.309 e. The highest BCUT2D eigenvalue weighted by Gasteiger charge is 2.29. The molecule has 0 unspecified atom stereocenters. The minimum atomic E-state index is -0.796. The molecule has 4 heteroatoms. The van der Waals surface area contributed by atoms with E-state index in [0.29, 0.717) is 6.42 Å². The van der Waals surface area contributed by atoms with Gasteiger partial charge in [-0.3, -0.25) is 4.79 Å². The van der Waals surface area contributed by atoms with Crippen molar-refractivity contribution in [3.63, 3.8) is 0 Å². The van der Waals surface area contributed by atoms with Gasteiger partial charge in [0.1, 0.15) is 5.75 Å². The molecule has 0 radical (unpaired) electrons. The Kier molecular flexibility index (Phi) is 5.02. The van der Waals surface area contributed by atoms with Crippen LogP contribution in [0.5, 0.6) is 5.75 Å². The predicted molar refractivity (Wildman–Crippen MR) is 79.9 cm³/mol. The second kappa shape index (κ2) is 5.95. The molecule has 3 nitrogen and oxygen atoms in total. The summed E-state index contributed by atoms with van der Waals surface area (Å²) >= 11 is 3.45. The zero-order valence-electron chi connectivity index (χ0n) is 12.1. The summed E-state index contributed by atoms with van der Waals surface area (Å²) in [5.74, 6) is 0.296. The summed E-state index contributed by atoms with van der Waals surface area (Å²) in [4.78, 5) is 11.3. The number of carboxylic acid groups (broad SMARTS) is 1. The quantitative estimate of drug-likeness (QED) is 0.879. The molecule has 0 aliphatic heterocycles. The van der Waals surface area contributed by atoms with Crippen molar-refractivity contribution in [2.75, 3.05) is 7.11 Å². The van der Waals surface area contributed by atoms with Crippen molar-refractivity contribution in [3.8, 4) is 5.75 Å². The summed E-state index contributed by atoms with van der Waals surface area (Å²) in [7, 11) is 1.64. The van der Waals surface area contributed by atoms with Crippen LogP contribution in [-0.2, 0) is 11.2 Å². The fourth-order valence-electron chi connectivity index (χ4n) is 2.17. The van der Waals surface area contributed by atoms with Crippen LogP contribution in [0.2, 0.25) is 0 Å². The summed E-state index contributed by atoms with van der Waals surface area (Å²) in [6.07, 6.45) is 0.478. The molecular formula is C15H21BrO3. The van der Waals surface area contributed by atoms with Gasteiger partial charge in [-0.1, -0.05) is 29.8 Å². The third-order valence-corrected chi connectivity index (χ3v) is 3.66. The van der Waals surface area contributed by atoms with Crippen molar-refractivity contribution in [1.29, 1.82) is 0 Å². The number of rotatable bonds is 5. The van der Waals surface area contributed by atoms with Gasteiger partial charge in [0.15, 0.2) is 0 Å². The van der Waals surface area contributed by atoms with Crippen LogP contribution in [0.25, 0.3) is 0 Å². The SMILES string of the molecule is COc1cc(Br)cc(CC(C)(C)C(=O)O)c1C(C)C. The maximum atomic E-state index is 11.3. The average molecular weight is 329 g/mol. The summed E-state index contributed by atoms with van der Waals surface area (Å²) in [6, 6.07) is 3.91. The molecule has 19 heavy (non-hydrogen) atoms. The van der Waals surface area contributed by atoms with Gasteiger partial charge in [0.2, 0.25) is 0 Å². The first-order valence-electron chi connectivity index (χ1n) is 6.28. The number of halogens is 1. The number of carbonyl (C=O) groups is 1. The minimum Gasteiger partial charge on any atom is -0.496 e. The van der Waals surface area contributed by atoms with Gasteiger partial charge in [-0.15, -0.1) is 0 Å². The molecule has 0 saturated heterocycles. The molecule has 0 aromatic heterocycles. The molecule has 0 aliphatic carbocycles. The van der Waals surface area contributed by atoms with Gasteiger partial charge in [0.05, 0.1) is 12.5 Å². The first-order valence-corrected chi connectivity index (χ1v) is 7.08. The molecule has 0 atom stereocenters. The largest absolute Gasteiger partial charge is 0.496 e. The van der Waals surface area contributed by atoms with E-state index in [1.807, 2.05) is 12.1 Å². The molecule has 0 heterocycles. The summed E-state index contributed by atoms with van der Waals surface area (Å²) in [6.45, 7) is 7.66. The Labute approximate surface area is 123 Å². The molecule has 1 aromatic rings. The van der Waals surface area contributed by atoms with E-state index in [1.165, 1.54) is 0 Å². The van der Waals surface area contributed by atoms with Crippen LogP contribution < -0.4 is 4.74 Å². The highest BCUT2D eigenvalue weighted by Crippen LogP contribution is 2.36. The number of aliphatic carboxylic acids is 1. The van der Waals surface area contributed by atoms with Gasteiger partial charge in [0.25, 0.3) is 0 Å². The number of ether oxygens (including phenoxy) is 1. The Balaban J connectivity index is 3.33. The minimum absolute atomic E-state index is 0.280. The van der Waals surface area contributed by atoms with E-state index in [2.05, 4.69) is 29.8 Å². The van der Waals surface area contributed by atoms with Gasteiger partial charge in [-0.2, -0.15) is 0 Å². The average Bonchev–Trinajstić information content (AvgIpc) is 2.26. The third kappa shape index (κ3) is 3.72. The van der Waals surface area contributed by atoms with E-state index < -0.39 is 11.4 Å². The van der Waals surface area contributed by atoms with Crippen molar-refractivity contribution < 1.29 is 14.6 Å². The number of methoxy groups -OCH3 is 1. The Hall–Kier alpha value is -1.03. The Morgan fingerprint density at radius 3 is 2.42 bits per heavy atom. The molecule has 0 saturated carbocycles. The number of hydrogen-bond acceptors (Lipinski definition) is 2. The Morgan fingerprint density at radius 2 is 2.00 bits per heavy atom. The van der Waals surface area contributed by atoms with Crippen LogP contribution in [0.15, 0.2) is 16.6 Å². The zero-order valence-corrected chi connectivity index (χ0v) is 13.7. The lowest BCUT2D eigenvalue weighted by atomic mass is 9.82. The molecule has 0 fully saturated rings. The molecule has 1 rings (SSSR count). The Bertz CT molecular complexity index is 479. The summed E-state index contributed by atoms with van der Waals surface area (Å²) in [5.41, 5.74) is 1.31. The highest BCUT2D eigenvalue weighted by molar-refractivity contribution is 9.10. The zero-order chi connectivity index (χ0) is 14.8. The summed E-state index contributed by atoms with van der Waals surface area (Å²) in [5, 5.41) is 9.28. The fraction of sp³-hybridized carbons (Fsp3) is 0.533. The van der Waals surface area contributed by atoms with Gasteiger partial charge < -0.3 is 9.84 Å². The molecule has 1 aromatic carbocycles. The lowest BCUT2D eigenvalue weighted by Gasteiger charge is -2.24. The molecule has 1 N–H and O–H groups in total. The van der Waals surface area contributed by atoms with Crippen molar-refractivity contribution >= 4 is 21.9 Å². The monoisotopic (exact) mass is 328 g/mol. The second-order valence-electron chi connectivity index (χ2n) is 5.70. The van der Waals surface area contributed by atoms with Crippen LogP contribution in [0.3, 0.4) is 0 Å². The Morgan fingerprint density at radius 1 is 1.42 bits per heavy atom. The normalized spacial score (nSPS) is 11.7. The lowest BCUT2D eigenvalue weighted by molar-refractivity contribution is -0.146. The maximum Gasteiger partial charge on any atom is 0.309 e. The summed E-state index contributed by atoms with van der Waals surface area (Å²) < 4.78 is 6.33. The van der Waals surface area contributed by atoms with Crippen LogP contribution in [-0.4, -0.2) is 18.2 Å². The maximum absolute atomic E-state index is 11.3. The van der Waals surface area contributed by atoms with E-state index in [-0.39, 0.29) is 5.92 Å². The number of hydrogen-bond donors (Lipinski definition) is 1. The molecular weight excluding hydrogens is 308 g/mol. The van der Waals surface area contributed by atoms with Crippen LogP contribution in [0.1, 0.15) is 44.7 Å². The third-order valence-electron chi connectivity index (χ3n) is 3.20. The second-order valence-corrected chi connectivity index (χ2v) is 6.62. The van der Waals surface area contributed by atoms with E-state index in [4.69, 9.17) is 4.74 Å². The first-order chi connectivity index (χ1) is 8.69. The van der Waals surface area contributed by atoms with Gasteiger partial charge in [-0.05, 0) is 49.4 Å². The van der Waals surface area contributed by atoms with Crippen LogP contribution in [0, 0.1) is 5.41 Å². The van der Waals surface area contributed by atoms with Crippen LogP contribution in [0.4, 0.5) is 0 Å². The van der Waals surface area contributed by atoms with Crippen molar-refractivity contribution in [3.05, 3.63) is 27.7 Å². The van der Waals surface area contributed by atoms with E-state index >= 15 is 0 Å². The van der Waals surface area contributed by atoms with E-state index in [0.717, 1.165) is 21.3 Å². The molecule has 0 spiro atoms. The lowest BCUT2D eigenvalue weighted by Crippen LogP contribution is -2.27. The standard InChI is InChI=1S/C15H21BrO3/c1-9(2)13-10(8-15(3,4)14(17)18)6-11(16)7-12(13)19-5/h6-7,9H,8H2,1-5H3,(H,17,18). The van der Waals surface area contributed by atoms with Gasteiger partial charge in [-0.25, -0.2) is 0 Å². The predicted octanol–water partition coefficient (Wildman–Crippen LogP) is 4.23. The van der Waals surface area contributed by atoms with Gasteiger partial charge in [0, 0.05) is 4.47 Å². The fourth-order valence-corrected chi connectivity index (χ4v) is 2.65. The van der Waals surface area contributed by atoms with E-state index in [9.17, 15) is 9.90 Å². The molecule has 0 bridgehead atoms. The van der Waals surface area contributed by atoms with Crippen molar-refractivity contribution in [2.24, 2.45) is 5.41 Å². The molecule has 0 amide bonds. The molecule has 0 aliphatic rings. The molecule has 106 valence electrons. The van der Waals surface area contributed by atoms with Crippen molar-refractivity contribution in [1.82, 2.24) is 0 Å². The number of benzene rings is 1. The van der Waals surface area contributed by atoms with Crippen molar-refractivity contribution in [2.45, 2.75) is 40.0 Å². The topological polar surface area (TPSA) is 46.5 Å². The van der Waals surface area contributed by atoms with E-state index in [1.54, 1.807) is 21.0 Å². The first kappa shape index (κ1) is 16.0. The highest BCUT2D eigenvalue weighted by atomic mass is 79.9. The van der Waals surface area contributed by atoms with Crippen LogP contribution >= 0.6 is 15.9 Å². The number of carboxylic acids is 1.